The molecule has 9 heteroatoms. The summed E-state index contributed by atoms with van der Waals surface area (Å²) in [6, 6.07) is 14.6. The first-order valence-electron chi connectivity index (χ1n) is 8.68. The van der Waals surface area contributed by atoms with Gasteiger partial charge in [0, 0.05) is 5.69 Å². The van der Waals surface area contributed by atoms with E-state index in [9.17, 15) is 9.18 Å². The second-order valence-electron chi connectivity index (χ2n) is 6.04. The average Bonchev–Trinajstić information content (AvgIpc) is 3.19. The molecule has 1 aromatic heterocycles. The second-order valence-corrected chi connectivity index (χ2v) is 7.33. The van der Waals surface area contributed by atoms with Crippen LogP contribution in [0, 0.1) is 17.1 Å². The Morgan fingerprint density at radius 2 is 1.93 bits per heavy atom. The van der Waals surface area contributed by atoms with Gasteiger partial charge in [0.2, 0.25) is 5.91 Å². The average molecular weight is 412 g/mol. The van der Waals surface area contributed by atoms with E-state index < -0.39 is 17.2 Å². The molecular weight excluding hydrogens is 395 g/mol. The molecule has 0 unspecified atom stereocenters. The lowest BCUT2D eigenvalue weighted by atomic mass is 10.2. The number of aromatic nitrogens is 2. The smallest absolute Gasteiger partial charge is 0.277 e. The third-order valence-corrected chi connectivity index (χ3v) is 4.77. The Hall–Kier alpha value is -3.38. The van der Waals surface area contributed by atoms with Crippen molar-refractivity contribution in [3.8, 4) is 11.8 Å². The van der Waals surface area contributed by atoms with Crippen LogP contribution >= 0.6 is 11.8 Å². The van der Waals surface area contributed by atoms with Crippen molar-refractivity contribution in [2.45, 2.75) is 30.4 Å². The second kappa shape index (κ2) is 9.21. The number of nitrogens with one attached hydrogen (secondary N) is 1. The molecule has 7 nitrogen and oxygen atoms in total. The molecule has 0 bridgehead atoms. The molecule has 0 aliphatic carbocycles. The van der Waals surface area contributed by atoms with E-state index in [1.165, 1.54) is 12.1 Å². The number of benzene rings is 2. The third kappa shape index (κ3) is 5.33. The van der Waals surface area contributed by atoms with Crippen LogP contribution < -0.4 is 10.1 Å². The van der Waals surface area contributed by atoms with Crippen molar-refractivity contribution >= 4 is 23.4 Å². The number of carbonyl (C=O) groups excluding carboxylic acids is 1. The molecule has 0 aliphatic rings. The molecule has 0 aliphatic heterocycles. The van der Waals surface area contributed by atoms with Gasteiger partial charge in [-0.1, -0.05) is 23.9 Å². The molecule has 1 heterocycles. The van der Waals surface area contributed by atoms with E-state index in [1.807, 2.05) is 6.07 Å². The maximum absolute atomic E-state index is 13.7. The van der Waals surface area contributed by atoms with Crippen LogP contribution in [-0.4, -0.2) is 21.4 Å². The number of nitrogens with zero attached hydrogens (tertiary/aromatic N) is 3. The molecule has 2 atom stereocenters. The van der Waals surface area contributed by atoms with Gasteiger partial charge in [-0.2, -0.15) is 5.26 Å². The van der Waals surface area contributed by atoms with Crippen molar-refractivity contribution in [1.29, 1.82) is 5.26 Å². The van der Waals surface area contributed by atoms with Gasteiger partial charge in [-0.05, 0) is 50.2 Å². The zero-order chi connectivity index (χ0) is 20.8. The molecule has 1 amide bonds. The first-order valence-corrected chi connectivity index (χ1v) is 9.56. The highest BCUT2D eigenvalue weighted by Crippen LogP contribution is 2.27. The number of hydrogen-bond donors (Lipinski definition) is 1. The van der Waals surface area contributed by atoms with Crippen molar-refractivity contribution in [2.24, 2.45) is 0 Å². The molecule has 0 radical (unpaired) electrons. The number of halogens is 1. The molecule has 1 N–H and O–H groups in total. The largest absolute Gasteiger partial charge is 0.478 e. The summed E-state index contributed by atoms with van der Waals surface area (Å²) in [5.74, 6) is -0.477. The van der Waals surface area contributed by atoms with Gasteiger partial charge in [-0.3, -0.25) is 4.79 Å². The van der Waals surface area contributed by atoms with Gasteiger partial charge in [0.15, 0.2) is 17.7 Å². The van der Waals surface area contributed by atoms with E-state index in [0.29, 0.717) is 11.3 Å². The monoisotopic (exact) mass is 412 g/mol. The van der Waals surface area contributed by atoms with Gasteiger partial charge >= 0.3 is 0 Å². The van der Waals surface area contributed by atoms with E-state index in [-0.39, 0.29) is 22.8 Å². The van der Waals surface area contributed by atoms with Crippen molar-refractivity contribution < 1.29 is 18.3 Å². The van der Waals surface area contributed by atoms with E-state index in [2.05, 4.69) is 15.5 Å². The van der Waals surface area contributed by atoms with Gasteiger partial charge in [0.25, 0.3) is 11.1 Å². The molecule has 0 fully saturated rings. The standard InChI is InChI=1S/C20H17FN4O3S/c1-12(27-17-6-4-3-5-16(17)21)19-24-25-20(28-19)29-13(2)18(26)23-15-9-7-14(11-22)8-10-15/h3-10,12-13H,1-2H3,(H,23,26)/t12-,13-/m1/s1. The topological polar surface area (TPSA) is 101 Å². The van der Waals surface area contributed by atoms with Crippen LogP contribution in [0.25, 0.3) is 0 Å². The minimum absolute atomic E-state index is 0.0857. The van der Waals surface area contributed by atoms with Crippen LogP contribution in [0.1, 0.15) is 31.4 Å². The van der Waals surface area contributed by atoms with Crippen molar-refractivity contribution in [2.75, 3.05) is 5.32 Å². The fourth-order valence-electron chi connectivity index (χ4n) is 2.29. The Morgan fingerprint density at radius 1 is 1.21 bits per heavy atom. The SMILES string of the molecule is C[C@@H](Sc1nnc([C@@H](C)Oc2ccccc2F)o1)C(=O)Nc1ccc(C#N)cc1. The fourth-order valence-corrected chi connectivity index (χ4v) is 2.98. The number of anilines is 1. The van der Waals surface area contributed by atoms with E-state index in [4.69, 9.17) is 14.4 Å². The number of para-hydroxylation sites is 1. The van der Waals surface area contributed by atoms with Gasteiger partial charge in [0.1, 0.15) is 0 Å². The summed E-state index contributed by atoms with van der Waals surface area (Å²) in [7, 11) is 0. The lowest BCUT2D eigenvalue weighted by Gasteiger charge is -2.11. The predicted molar refractivity (Wildman–Crippen MR) is 105 cm³/mol. The van der Waals surface area contributed by atoms with Gasteiger partial charge in [-0.15, -0.1) is 10.2 Å². The molecule has 29 heavy (non-hydrogen) atoms. The number of hydrogen-bond acceptors (Lipinski definition) is 7. The summed E-state index contributed by atoms with van der Waals surface area (Å²) in [4.78, 5) is 12.3. The normalized spacial score (nSPS) is 12.6. The minimum Gasteiger partial charge on any atom is -0.478 e. The first kappa shape index (κ1) is 20.4. The maximum atomic E-state index is 13.7. The fraction of sp³-hybridized carbons (Fsp3) is 0.200. The molecule has 2 aromatic carbocycles. The van der Waals surface area contributed by atoms with Gasteiger partial charge < -0.3 is 14.5 Å². The van der Waals surface area contributed by atoms with Crippen LogP contribution in [0.3, 0.4) is 0 Å². The number of amides is 1. The molecular formula is C20H17FN4O3S. The Balaban J connectivity index is 1.57. The molecule has 3 aromatic rings. The summed E-state index contributed by atoms with van der Waals surface area (Å²) in [5, 5.41) is 19.1. The highest BCUT2D eigenvalue weighted by atomic mass is 32.2. The zero-order valence-corrected chi connectivity index (χ0v) is 16.4. The van der Waals surface area contributed by atoms with Crippen molar-refractivity contribution in [3.63, 3.8) is 0 Å². The Bertz CT molecular complexity index is 1030. The van der Waals surface area contributed by atoms with Crippen LogP contribution in [-0.2, 0) is 4.79 Å². The molecule has 0 saturated carbocycles. The highest BCUT2D eigenvalue weighted by molar-refractivity contribution is 8.00. The third-order valence-electron chi connectivity index (χ3n) is 3.84. The lowest BCUT2D eigenvalue weighted by Crippen LogP contribution is -2.22. The summed E-state index contributed by atoms with van der Waals surface area (Å²) >= 11 is 1.09. The predicted octanol–water partition coefficient (Wildman–Crippen LogP) is 4.34. The first-order chi connectivity index (χ1) is 14.0. The number of carbonyl (C=O) groups is 1. The quantitative estimate of drug-likeness (QED) is 0.576. The summed E-state index contributed by atoms with van der Waals surface area (Å²) < 4.78 is 24.7. The summed E-state index contributed by atoms with van der Waals surface area (Å²) in [5.41, 5.74) is 1.09. The highest BCUT2D eigenvalue weighted by Gasteiger charge is 2.21. The van der Waals surface area contributed by atoms with Gasteiger partial charge in [-0.25, -0.2) is 4.39 Å². The Morgan fingerprint density at radius 3 is 2.62 bits per heavy atom. The number of rotatable bonds is 7. The Kier molecular flexibility index (Phi) is 6.46. The van der Waals surface area contributed by atoms with Crippen LogP contribution in [0.4, 0.5) is 10.1 Å². The minimum atomic E-state index is -0.656. The zero-order valence-electron chi connectivity index (χ0n) is 15.6. The molecule has 148 valence electrons. The lowest BCUT2D eigenvalue weighted by molar-refractivity contribution is -0.115. The van der Waals surface area contributed by atoms with E-state index in [0.717, 1.165) is 11.8 Å². The van der Waals surface area contributed by atoms with Crippen molar-refractivity contribution in [3.05, 3.63) is 65.8 Å². The number of thioether (sulfide) groups is 1. The summed E-state index contributed by atoms with van der Waals surface area (Å²) in [6.07, 6.45) is -0.656. The van der Waals surface area contributed by atoms with Crippen molar-refractivity contribution in [1.82, 2.24) is 10.2 Å². The summed E-state index contributed by atoms with van der Waals surface area (Å²) in [6.45, 7) is 3.36. The van der Waals surface area contributed by atoms with Crippen LogP contribution in [0.15, 0.2) is 58.2 Å². The maximum Gasteiger partial charge on any atom is 0.277 e. The molecule has 0 saturated heterocycles. The Labute approximate surface area is 170 Å². The number of ether oxygens (including phenoxy) is 1. The van der Waals surface area contributed by atoms with E-state index >= 15 is 0 Å². The van der Waals surface area contributed by atoms with E-state index in [1.54, 1.807) is 50.2 Å². The molecule has 3 rings (SSSR count). The number of nitriles is 1. The van der Waals surface area contributed by atoms with Crippen LogP contribution in [0.5, 0.6) is 5.75 Å². The van der Waals surface area contributed by atoms with Gasteiger partial charge in [0.05, 0.1) is 16.9 Å². The van der Waals surface area contributed by atoms with Crippen LogP contribution in [0.2, 0.25) is 0 Å². The molecule has 0 spiro atoms.